The summed E-state index contributed by atoms with van der Waals surface area (Å²) in [6, 6.07) is 11.3. The number of aryl methyl sites for hydroxylation is 1. The fourth-order valence-electron chi connectivity index (χ4n) is 3.44. The lowest BCUT2D eigenvalue weighted by Gasteiger charge is -2.29. The Morgan fingerprint density at radius 2 is 1.89 bits per heavy atom. The molecule has 0 fully saturated rings. The summed E-state index contributed by atoms with van der Waals surface area (Å²) in [4.78, 5) is 13.8. The fraction of sp³-hybridized carbons (Fsp3) is 0.286. The van der Waals surface area contributed by atoms with Crippen LogP contribution < -0.4 is 19.8 Å². The summed E-state index contributed by atoms with van der Waals surface area (Å²) >= 11 is 0. The zero-order chi connectivity index (χ0) is 19.0. The Labute approximate surface area is 156 Å². The Balaban J connectivity index is 1.59. The summed E-state index contributed by atoms with van der Waals surface area (Å²) < 4.78 is 21.9. The SMILES string of the molecule is COc1ccc(CN2COc3cc4oc(=O)cc(C)c4cc3C2)cc1OC. The standard InChI is InChI=1S/C21H21NO5/c1-13-6-21(23)27-19-9-18-15(8-16(13)19)11-22(12-26-18)10-14-4-5-17(24-2)20(7-14)25-3/h4-9H,10-12H2,1-3H3. The van der Waals surface area contributed by atoms with Gasteiger partial charge in [-0.3, -0.25) is 4.90 Å². The summed E-state index contributed by atoms with van der Waals surface area (Å²) in [5.41, 5.74) is 3.31. The molecule has 0 saturated carbocycles. The summed E-state index contributed by atoms with van der Waals surface area (Å²) in [6.45, 7) is 3.85. The molecule has 0 spiro atoms. The number of hydrogen-bond donors (Lipinski definition) is 0. The third-order valence-corrected chi connectivity index (χ3v) is 4.78. The lowest BCUT2D eigenvalue weighted by atomic mass is 10.1. The second-order valence-corrected chi connectivity index (χ2v) is 6.65. The van der Waals surface area contributed by atoms with Gasteiger partial charge in [-0.15, -0.1) is 0 Å². The zero-order valence-corrected chi connectivity index (χ0v) is 15.6. The maximum Gasteiger partial charge on any atom is 0.336 e. The molecule has 6 heteroatoms. The molecule has 0 aliphatic carbocycles. The summed E-state index contributed by atoms with van der Waals surface area (Å²) in [5.74, 6) is 2.19. The van der Waals surface area contributed by atoms with E-state index < -0.39 is 0 Å². The quantitative estimate of drug-likeness (QED) is 0.658. The number of fused-ring (bicyclic) bond motifs is 2. The Kier molecular flexibility index (Phi) is 4.49. The van der Waals surface area contributed by atoms with Gasteiger partial charge in [-0.25, -0.2) is 4.79 Å². The van der Waals surface area contributed by atoms with Crippen LogP contribution in [-0.2, 0) is 13.1 Å². The average molecular weight is 367 g/mol. The first-order chi connectivity index (χ1) is 13.1. The van der Waals surface area contributed by atoms with Crippen LogP contribution in [0.3, 0.4) is 0 Å². The van der Waals surface area contributed by atoms with Crippen molar-refractivity contribution in [1.29, 1.82) is 0 Å². The van der Waals surface area contributed by atoms with E-state index in [0.29, 0.717) is 23.8 Å². The van der Waals surface area contributed by atoms with Crippen molar-refractivity contribution in [3.05, 3.63) is 63.5 Å². The molecule has 0 bridgehead atoms. The third-order valence-electron chi connectivity index (χ3n) is 4.78. The van der Waals surface area contributed by atoms with Crippen LogP contribution in [0.5, 0.6) is 17.2 Å². The van der Waals surface area contributed by atoms with Crippen molar-refractivity contribution < 1.29 is 18.6 Å². The van der Waals surface area contributed by atoms with E-state index >= 15 is 0 Å². The van der Waals surface area contributed by atoms with Gasteiger partial charge in [0, 0.05) is 36.2 Å². The fourth-order valence-corrected chi connectivity index (χ4v) is 3.44. The Morgan fingerprint density at radius 3 is 2.67 bits per heavy atom. The molecular formula is C21H21NO5. The Bertz CT molecular complexity index is 1060. The van der Waals surface area contributed by atoms with E-state index in [4.69, 9.17) is 18.6 Å². The van der Waals surface area contributed by atoms with Gasteiger partial charge in [-0.2, -0.15) is 0 Å². The Hall–Kier alpha value is -2.99. The van der Waals surface area contributed by atoms with Gasteiger partial charge in [0.1, 0.15) is 18.1 Å². The van der Waals surface area contributed by atoms with Gasteiger partial charge in [0.2, 0.25) is 0 Å². The molecule has 0 amide bonds. The van der Waals surface area contributed by atoms with E-state index in [1.807, 2.05) is 37.3 Å². The monoisotopic (exact) mass is 367 g/mol. The minimum Gasteiger partial charge on any atom is -0.493 e. The molecular weight excluding hydrogens is 346 g/mol. The molecule has 27 heavy (non-hydrogen) atoms. The summed E-state index contributed by atoms with van der Waals surface area (Å²) in [5, 5.41) is 0.935. The predicted molar refractivity (Wildman–Crippen MR) is 102 cm³/mol. The van der Waals surface area contributed by atoms with Crippen LogP contribution in [0.15, 0.2) is 45.6 Å². The normalized spacial score (nSPS) is 13.9. The minimum absolute atomic E-state index is 0.342. The van der Waals surface area contributed by atoms with Crippen molar-refractivity contribution in [1.82, 2.24) is 4.90 Å². The summed E-state index contributed by atoms with van der Waals surface area (Å²) in [6.07, 6.45) is 0. The van der Waals surface area contributed by atoms with Crippen molar-refractivity contribution >= 4 is 11.0 Å². The lowest BCUT2D eigenvalue weighted by Crippen LogP contribution is -2.31. The molecule has 1 aliphatic heterocycles. The van der Waals surface area contributed by atoms with Gasteiger partial charge in [-0.05, 0) is 36.2 Å². The van der Waals surface area contributed by atoms with Gasteiger partial charge in [0.25, 0.3) is 0 Å². The van der Waals surface area contributed by atoms with Crippen molar-refractivity contribution in [3.63, 3.8) is 0 Å². The molecule has 2 aromatic carbocycles. The van der Waals surface area contributed by atoms with Gasteiger partial charge >= 0.3 is 5.63 Å². The molecule has 1 aliphatic rings. The van der Waals surface area contributed by atoms with Crippen LogP contribution in [0, 0.1) is 6.92 Å². The molecule has 0 unspecified atom stereocenters. The van der Waals surface area contributed by atoms with Crippen LogP contribution in [0.25, 0.3) is 11.0 Å². The van der Waals surface area contributed by atoms with Crippen molar-refractivity contribution in [2.75, 3.05) is 21.0 Å². The van der Waals surface area contributed by atoms with E-state index in [9.17, 15) is 4.79 Å². The number of rotatable bonds is 4. The highest BCUT2D eigenvalue weighted by molar-refractivity contribution is 5.82. The van der Waals surface area contributed by atoms with Crippen molar-refractivity contribution in [3.8, 4) is 17.2 Å². The number of nitrogens with zero attached hydrogens (tertiary/aromatic N) is 1. The molecule has 1 aromatic heterocycles. The first-order valence-electron chi connectivity index (χ1n) is 8.71. The van der Waals surface area contributed by atoms with Crippen LogP contribution in [0.4, 0.5) is 0 Å². The predicted octanol–water partition coefficient (Wildman–Crippen LogP) is 3.47. The topological polar surface area (TPSA) is 61.1 Å². The third kappa shape index (κ3) is 3.36. The van der Waals surface area contributed by atoms with Crippen LogP contribution in [0.2, 0.25) is 0 Å². The molecule has 0 saturated heterocycles. The van der Waals surface area contributed by atoms with Crippen LogP contribution in [-0.4, -0.2) is 25.9 Å². The van der Waals surface area contributed by atoms with E-state index in [-0.39, 0.29) is 5.63 Å². The molecule has 4 rings (SSSR count). The lowest BCUT2D eigenvalue weighted by molar-refractivity contribution is 0.0888. The molecule has 140 valence electrons. The van der Waals surface area contributed by atoms with Crippen molar-refractivity contribution in [2.45, 2.75) is 20.0 Å². The first-order valence-corrected chi connectivity index (χ1v) is 8.71. The molecule has 0 N–H and O–H groups in total. The minimum atomic E-state index is -0.342. The second kappa shape index (κ2) is 6.96. The van der Waals surface area contributed by atoms with E-state index in [2.05, 4.69) is 4.90 Å². The maximum atomic E-state index is 11.6. The zero-order valence-electron chi connectivity index (χ0n) is 15.6. The second-order valence-electron chi connectivity index (χ2n) is 6.65. The number of benzene rings is 2. The molecule has 6 nitrogen and oxygen atoms in total. The van der Waals surface area contributed by atoms with E-state index in [1.54, 1.807) is 14.2 Å². The highest BCUT2D eigenvalue weighted by atomic mass is 16.5. The number of ether oxygens (including phenoxy) is 3. The highest BCUT2D eigenvalue weighted by Crippen LogP contribution is 2.32. The molecule has 3 aromatic rings. The number of methoxy groups -OCH3 is 2. The van der Waals surface area contributed by atoms with E-state index in [0.717, 1.165) is 40.9 Å². The van der Waals surface area contributed by atoms with Gasteiger partial charge in [-0.1, -0.05) is 6.07 Å². The highest BCUT2D eigenvalue weighted by Gasteiger charge is 2.20. The molecule has 0 radical (unpaired) electrons. The van der Waals surface area contributed by atoms with Gasteiger partial charge < -0.3 is 18.6 Å². The van der Waals surface area contributed by atoms with Gasteiger partial charge in [0.05, 0.1) is 14.2 Å². The maximum absolute atomic E-state index is 11.6. The van der Waals surface area contributed by atoms with Crippen LogP contribution in [0.1, 0.15) is 16.7 Å². The number of hydrogen-bond acceptors (Lipinski definition) is 6. The smallest absolute Gasteiger partial charge is 0.336 e. The average Bonchev–Trinajstić information content (AvgIpc) is 2.66. The summed E-state index contributed by atoms with van der Waals surface area (Å²) in [7, 11) is 3.26. The largest absolute Gasteiger partial charge is 0.493 e. The van der Waals surface area contributed by atoms with Crippen molar-refractivity contribution in [2.24, 2.45) is 0 Å². The van der Waals surface area contributed by atoms with E-state index in [1.165, 1.54) is 6.07 Å². The molecule has 0 atom stereocenters. The van der Waals surface area contributed by atoms with Gasteiger partial charge in [0.15, 0.2) is 11.5 Å². The molecule has 2 heterocycles. The van der Waals surface area contributed by atoms with Crippen LogP contribution >= 0.6 is 0 Å². The first kappa shape index (κ1) is 17.4. The Morgan fingerprint density at radius 1 is 1.07 bits per heavy atom.